The molecule has 1 aliphatic heterocycles. The quantitative estimate of drug-likeness (QED) is 0.463. The van der Waals surface area contributed by atoms with Crippen molar-refractivity contribution in [1.29, 1.82) is 5.41 Å². The monoisotopic (exact) mass is 382 g/mol. The second-order valence-electron chi connectivity index (χ2n) is 5.88. The number of carbonyl (C=O) groups is 1. The summed E-state index contributed by atoms with van der Waals surface area (Å²) in [5, 5.41) is 11.4. The molecule has 0 aliphatic carbocycles. The minimum Gasteiger partial charge on any atom is -0.482 e. The smallest absolute Gasteiger partial charge is 0.262 e. The Morgan fingerprint density at radius 1 is 1.30 bits per heavy atom. The van der Waals surface area contributed by atoms with Gasteiger partial charge in [-0.2, -0.15) is 0 Å². The molecule has 0 saturated carbocycles. The fraction of sp³-hybridized carbons (Fsp3) is 0.105. The molecule has 1 aromatic heterocycles. The van der Waals surface area contributed by atoms with E-state index in [9.17, 15) is 9.18 Å². The van der Waals surface area contributed by atoms with Crippen LogP contribution < -0.4 is 10.1 Å². The molecule has 1 amide bonds. The third-order valence-corrected chi connectivity index (χ3v) is 5.25. The number of aromatic nitrogens is 2. The number of hydrogen-bond donors (Lipinski definition) is 3. The van der Waals surface area contributed by atoms with Crippen LogP contribution in [-0.4, -0.2) is 28.2 Å². The molecule has 27 heavy (non-hydrogen) atoms. The minimum atomic E-state index is -0.615. The molecule has 3 N–H and O–H groups in total. The van der Waals surface area contributed by atoms with Gasteiger partial charge in [-0.3, -0.25) is 4.79 Å². The first kappa shape index (κ1) is 17.3. The van der Waals surface area contributed by atoms with Crippen molar-refractivity contribution in [3.63, 3.8) is 0 Å². The lowest BCUT2D eigenvalue weighted by atomic mass is 10.00. The predicted molar refractivity (Wildman–Crippen MR) is 101 cm³/mol. The van der Waals surface area contributed by atoms with Crippen LogP contribution in [-0.2, 0) is 4.79 Å². The van der Waals surface area contributed by atoms with Gasteiger partial charge in [-0.15, -0.1) is 0 Å². The summed E-state index contributed by atoms with van der Waals surface area (Å²) in [6.07, 6.45) is 3.28. The molecule has 0 fully saturated rings. The number of rotatable bonds is 5. The summed E-state index contributed by atoms with van der Waals surface area (Å²) >= 11 is 1.25. The van der Waals surface area contributed by atoms with Crippen LogP contribution in [0.1, 0.15) is 16.4 Å². The van der Waals surface area contributed by atoms with E-state index in [0.29, 0.717) is 27.7 Å². The highest BCUT2D eigenvalue weighted by atomic mass is 32.2. The molecule has 0 spiro atoms. The fourth-order valence-electron chi connectivity index (χ4n) is 2.79. The van der Waals surface area contributed by atoms with Gasteiger partial charge in [-0.25, -0.2) is 9.37 Å². The van der Waals surface area contributed by atoms with Crippen molar-refractivity contribution in [2.45, 2.75) is 10.4 Å². The molecule has 0 radical (unpaired) electrons. The van der Waals surface area contributed by atoms with Crippen LogP contribution in [0.15, 0.2) is 60.0 Å². The number of nitrogens with one attached hydrogen (secondary N) is 3. The van der Waals surface area contributed by atoms with Crippen molar-refractivity contribution in [2.24, 2.45) is 0 Å². The Balaban J connectivity index is 1.71. The Hall–Kier alpha value is -3.13. The number of ether oxygens (including phenoxy) is 1. The highest BCUT2D eigenvalue weighted by Crippen LogP contribution is 2.38. The number of carbonyl (C=O) groups excluding carboxylic acids is 1. The van der Waals surface area contributed by atoms with E-state index in [4.69, 9.17) is 10.1 Å². The lowest BCUT2D eigenvalue weighted by molar-refractivity contribution is -0.118. The highest BCUT2D eigenvalue weighted by Gasteiger charge is 2.25. The molecule has 1 unspecified atom stereocenters. The maximum absolute atomic E-state index is 14.5. The SMILES string of the molecule is N=C(c1ccc2c(c1)NC(=O)CO2)C(Sc1ncc[nH]1)c1ccccc1F. The van der Waals surface area contributed by atoms with Gasteiger partial charge in [0.1, 0.15) is 11.6 Å². The summed E-state index contributed by atoms with van der Waals surface area (Å²) in [6, 6.07) is 11.5. The van der Waals surface area contributed by atoms with E-state index in [1.807, 2.05) is 0 Å². The van der Waals surface area contributed by atoms with E-state index in [1.54, 1.807) is 48.8 Å². The van der Waals surface area contributed by atoms with Crippen LogP contribution in [0, 0.1) is 11.2 Å². The molecule has 136 valence electrons. The van der Waals surface area contributed by atoms with Crippen LogP contribution >= 0.6 is 11.8 Å². The third-order valence-electron chi connectivity index (χ3n) is 4.08. The summed E-state index contributed by atoms with van der Waals surface area (Å²) in [5.41, 5.74) is 1.65. The average Bonchev–Trinajstić information content (AvgIpc) is 3.19. The number of halogens is 1. The van der Waals surface area contributed by atoms with Crippen LogP contribution in [0.5, 0.6) is 5.75 Å². The number of imidazole rings is 1. The molecule has 4 rings (SSSR count). The van der Waals surface area contributed by atoms with Gasteiger partial charge in [0.15, 0.2) is 11.8 Å². The van der Waals surface area contributed by atoms with Gasteiger partial charge in [0.25, 0.3) is 5.91 Å². The molecule has 2 heterocycles. The zero-order valence-corrected chi connectivity index (χ0v) is 14.8. The molecular weight excluding hydrogens is 367 g/mol. The second kappa shape index (κ2) is 7.24. The number of nitrogens with zero attached hydrogens (tertiary/aromatic N) is 1. The van der Waals surface area contributed by atoms with Crippen molar-refractivity contribution in [3.8, 4) is 5.75 Å². The molecule has 8 heteroatoms. The molecular formula is C19H15FN4O2S. The molecule has 0 saturated heterocycles. The number of benzene rings is 2. The van der Waals surface area contributed by atoms with Crippen molar-refractivity contribution in [1.82, 2.24) is 9.97 Å². The molecule has 3 aromatic rings. The van der Waals surface area contributed by atoms with Crippen LogP contribution in [0.2, 0.25) is 0 Å². The Labute approximate surface area is 158 Å². The zero-order valence-electron chi connectivity index (χ0n) is 14.0. The number of aromatic amines is 1. The first-order valence-corrected chi connectivity index (χ1v) is 9.06. The molecule has 6 nitrogen and oxygen atoms in total. The van der Waals surface area contributed by atoms with Gasteiger partial charge in [0, 0.05) is 18.0 Å². The summed E-state index contributed by atoms with van der Waals surface area (Å²) in [6.45, 7) is -0.0318. The van der Waals surface area contributed by atoms with E-state index in [-0.39, 0.29) is 24.0 Å². The molecule has 0 bridgehead atoms. The molecule has 2 aromatic carbocycles. The number of anilines is 1. The van der Waals surface area contributed by atoms with Gasteiger partial charge in [-0.05, 0) is 29.8 Å². The van der Waals surface area contributed by atoms with Gasteiger partial charge in [0.05, 0.1) is 16.6 Å². The number of H-pyrrole nitrogens is 1. The van der Waals surface area contributed by atoms with Gasteiger partial charge < -0.3 is 20.4 Å². The van der Waals surface area contributed by atoms with Crippen molar-refractivity contribution in [2.75, 3.05) is 11.9 Å². The zero-order chi connectivity index (χ0) is 18.8. The predicted octanol–water partition coefficient (Wildman–Crippen LogP) is 3.78. The topological polar surface area (TPSA) is 90.9 Å². The summed E-state index contributed by atoms with van der Waals surface area (Å²) in [7, 11) is 0. The van der Waals surface area contributed by atoms with Crippen molar-refractivity contribution in [3.05, 3.63) is 71.8 Å². The molecule has 1 aliphatic rings. The van der Waals surface area contributed by atoms with E-state index in [0.717, 1.165) is 0 Å². The van der Waals surface area contributed by atoms with E-state index in [2.05, 4.69) is 15.3 Å². The first-order chi connectivity index (χ1) is 13.1. The largest absolute Gasteiger partial charge is 0.482 e. The van der Waals surface area contributed by atoms with Crippen LogP contribution in [0.3, 0.4) is 0 Å². The van der Waals surface area contributed by atoms with Gasteiger partial charge in [-0.1, -0.05) is 30.0 Å². The lowest BCUT2D eigenvalue weighted by Gasteiger charge is -2.21. The summed E-state index contributed by atoms with van der Waals surface area (Å²) in [5.74, 6) is -0.0880. The van der Waals surface area contributed by atoms with Crippen LogP contribution in [0.25, 0.3) is 0 Å². The lowest BCUT2D eigenvalue weighted by Crippen LogP contribution is -2.25. The van der Waals surface area contributed by atoms with Crippen molar-refractivity contribution < 1.29 is 13.9 Å². The van der Waals surface area contributed by atoms with E-state index in [1.165, 1.54) is 17.8 Å². The number of hydrogen-bond acceptors (Lipinski definition) is 5. The molecule has 1 atom stereocenters. The highest BCUT2D eigenvalue weighted by molar-refractivity contribution is 8.00. The van der Waals surface area contributed by atoms with Gasteiger partial charge in [0.2, 0.25) is 0 Å². The Bertz CT molecular complexity index is 1010. The second-order valence-corrected chi connectivity index (χ2v) is 6.97. The number of thioether (sulfide) groups is 1. The third kappa shape index (κ3) is 3.56. The van der Waals surface area contributed by atoms with Gasteiger partial charge >= 0.3 is 0 Å². The minimum absolute atomic E-state index is 0.0318. The Morgan fingerprint density at radius 2 is 2.15 bits per heavy atom. The average molecular weight is 382 g/mol. The number of amides is 1. The van der Waals surface area contributed by atoms with E-state index < -0.39 is 5.25 Å². The Kier molecular flexibility index (Phi) is 4.64. The normalized spacial score (nSPS) is 14.0. The number of fused-ring (bicyclic) bond motifs is 1. The fourth-order valence-corrected chi connectivity index (χ4v) is 3.85. The maximum Gasteiger partial charge on any atom is 0.262 e. The van der Waals surface area contributed by atoms with Crippen molar-refractivity contribution >= 4 is 29.1 Å². The summed E-state index contributed by atoms with van der Waals surface area (Å²) < 4.78 is 19.8. The van der Waals surface area contributed by atoms with Crippen LogP contribution in [0.4, 0.5) is 10.1 Å². The standard InChI is InChI=1S/C19H15FN4O2S/c20-13-4-2-1-3-12(13)18(27-19-22-7-8-23-19)17(21)11-5-6-15-14(9-11)24-16(25)10-26-15/h1-9,18,21H,10H2,(H,22,23)(H,24,25). The summed E-state index contributed by atoms with van der Waals surface area (Å²) in [4.78, 5) is 18.7. The Morgan fingerprint density at radius 3 is 2.93 bits per heavy atom. The first-order valence-electron chi connectivity index (χ1n) is 8.18. The maximum atomic E-state index is 14.5. The van der Waals surface area contributed by atoms with E-state index >= 15 is 0 Å².